The summed E-state index contributed by atoms with van der Waals surface area (Å²) in [6.07, 6.45) is 0.745. The number of nitrogens with zero attached hydrogens (tertiary/aromatic N) is 1. The summed E-state index contributed by atoms with van der Waals surface area (Å²) in [5, 5.41) is 10.1. The van der Waals surface area contributed by atoms with E-state index in [0.717, 1.165) is 17.5 Å². The molecule has 0 aromatic heterocycles. The predicted octanol–water partition coefficient (Wildman–Crippen LogP) is 5.04. The molecule has 1 amide bonds. The lowest BCUT2D eigenvalue weighted by Gasteiger charge is -2.40. The SMILES string of the molecule is CCCN1C(=O)c2ccccc2[C@@H](C(=O)O)[C@@H]1c1ccc(OCc2ccccc2)cc1. The summed E-state index contributed by atoms with van der Waals surface area (Å²) in [6, 6.07) is 23.8. The van der Waals surface area contributed by atoms with E-state index in [1.54, 1.807) is 29.2 Å². The molecule has 158 valence electrons. The van der Waals surface area contributed by atoms with Crippen LogP contribution in [0.15, 0.2) is 78.9 Å². The number of carbonyl (C=O) groups is 2. The highest BCUT2D eigenvalue weighted by atomic mass is 16.5. The Balaban J connectivity index is 1.65. The summed E-state index contributed by atoms with van der Waals surface area (Å²) in [7, 11) is 0. The number of amides is 1. The molecule has 31 heavy (non-hydrogen) atoms. The third-order valence-corrected chi connectivity index (χ3v) is 5.64. The average molecular weight is 415 g/mol. The summed E-state index contributed by atoms with van der Waals surface area (Å²) in [6.45, 7) is 2.93. The van der Waals surface area contributed by atoms with Crippen LogP contribution in [0.2, 0.25) is 0 Å². The van der Waals surface area contributed by atoms with Crippen molar-refractivity contribution in [1.29, 1.82) is 0 Å². The molecule has 5 heteroatoms. The Bertz CT molecular complexity index is 1060. The second-order valence-electron chi connectivity index (χ2n) is 7.69. The third-order valence-electron chi connectivity index (χ3n) is 5.64. The maximum Gasteiger partial charge on any atom is 0.313 e. The fourth-order valence-electron chi connectivity index (χ4n) is 4.22. The van der Waals surface area contributed by atoms with E-state index < -0.39 is 17.9 Å². The molecule has 5 nitrogen and oxygen atoms in total. The van der Waals surface area contributed by atoms with Gasteiger partial charge in [0, 0.05) is 12.1 Å². The second kappa shape index (κ2) is 9.04. The molecule has 3 aromatic rings. The lowest BCUT2D eigenvalue weighted by atomic mass is 9.79. The van der Waals surface area contributed by atoms with Crippen molar-refractivity contribution in [2.45, 2.75) is 31.9 Å². The van der Waals surface area contributed by atoms with Crippen LogP contribution in [0.25, 0.3) is 0 Å². The van der Waals surface area contributed by atoms with Crippen LogP contribution in [-0.4, -0.2) is 28.4 Å². The number of rotatable bonds is 7. The Hall–Kier alpha value is -3.60. The van der Waals surface area contributed by atoms with Crippen LogP contribution < -0.4 is 4.74 Å². The van der Waals surface area contributed by atoms with Crippen LogP contribution in [-0.2, 0) is 11.4 Å². The summed E-state index contributed by atoms with van der Waals surface area (Å²) in [4.78, 5) is 27.2. The van der Waals surface area contributed by atoms with Gasteiger partial charge in [-0.05, 0) is 41.3 Å². The molecule has 0 saturated heterocycles. The topological polar surface area (TPSA) is 66.8 Å². The van der Waals surface area contributed by atoms with E-state index in [4.69, 9.17) is 4.74 Å². The van der Waals surface area contributed by atoms with E-state index in [0.29, 0.717) is 30.0 Å². The molecule has 0 aliphatic carbocycles. The van der Waals surface area contributed by atoms with Gasteiger partial charge in [-0.15, -0.1) is 0 Å². The molecule has 1 heterocycles. The Kier molecular flexibility index (Phi) is 6.03. The zero-order valence-electron chi connectivity index (χ0n) is 17.4. The van der Waals surface area contributed by atoms with Crippen molar-refractivity contribution in [2.75, 3.05) is 6.54 Å². The number of carbonyl (C=O) groups excluding carboxylic acids is 1. The molecular weight excluding hydrogens is 390 g/mol. The van der Waals surface area contributed by atoms with Gasteiger partial charge in [-0.25, -0.2) is 0 Å². The van der Waals surface area contributed by atoms with E-state index in [-0.39, 0.29) is 5.91 Å². The van der Waals surface area contributed by atoms with Crippen LogP contribution in [0.5, 0.6) is 5.75 Å². The Labute approximate surface area is 181 Å². The highest BCUT2D eigenvalue weighted by Crippen LogP contribution is 2.43. The van der Waals surface area contributed by atoms with Gasteiger partial charge in [0.1, 0.15) is 18.3 Å². The van der Waals surface area contributed by atoms with Gasteiger partial charge in [-0.2, -0.15) is 0 Å². The number of ether oxygens (including phenoxy) is 1. The number of benzene rings is 3. The maximum absolute atomic E-state index is 13.2. The molecule has 0 saturated carbocycles. The van der Waals surface area contributed by atoms with Gasteiger partial charge in [-0.1, -0.05) is 67.6 Å². The molecule has 4 rings (SSSR count). The van der Waals surface area contributed by atoms with Crippen molar-refractivity contribution in [3.63, 3.8) is 0 Å². The smallest absolute Gasteiger partial charge is 0.313 e. The number of carboxylic acids is 1. The van der Waals surface area contributed by atoms with Crippen LogP contribution in [0, 0.1) is 0 Å². The van der Waals surface area contributed by atoms with Gasteiger partial charge < -0.3 is 14.7 Å². The summed E-state index contributed by atoms with van der Waals surface area (Å²) in [5.41, 5.74) is 2.90. The lowest BCUT2D eigenvalue weighted by Crippen LogP contribution is -2.45. The molecule has 0 radical (unpaired) electrons. The molecule has 2 atom stereocenters. The number of aliphatic carboxylic acids is 1. The monoisotopic (exact) mass is 415 g/mol. The van der Waals surface area contributed by atoms with E-state index >= 15 is 0 Å². The van der Waals surface area contributed by atoms with Gasteiger partial charge in [0.05, 0.1) is 6.04 Å². The summed E-state index contributed by atoms with van der Waals surface area (Å²) < 4.78 is 5.86. The summed E-state index contributed by atoms with van der Waals surface area (Å²) in [5.74, 6) is -1.18. The minimum atomic E-state index is -0.935. The zero-order chi connectivity index (χ0) is 21.8. The second-order valence-corrected chi connectivity index (χ2v) is 7.69. The highest BCUT2D eigenvalue weighted by Gasteiger charge is 2.43. The van der Waals surface area contributed by atoms with Crippen LogP contribution >= 0.6 is 0 Å². The maximum atomic E-state index is 13.2. The number of hydrogen-bond donors (Lipinski definition) is 1. The van der Waals surface area contributed by atoms with Crippen molar-refractivity contribution >= 4 is 11.9 Å². The van der Waals surface area contributed by atoms with E-state index in [9.17, 15) is 14.7 Å². The standard InChI is InChI=1S/C26H25NO4/c1-2-16-27-24(23(26(29)30)21-10-6-7-11-22(21)25(27)28)19-12-14-20(15-13-19)31-17-18-8-4-3-5-9-18/h3-15,23-24H,2,16-17H2,1H3,(H,29,30)/t23-,24+/m1/s1. The molecule has 0 fully saturated rings. The zero-order valence-corrected chi connectivity index (χ0v) is 17.4. The van der Waals surface area contributed by atoms with Gasteiger partial charge in [0.25, 0.3) is 5.91 Å². The highest BCUT2D eigenvalue weighted by molar-refractivity contribution is 6.00. The molecule has 1 N–H and O–H groups in total. The van der Waals surface area contributed by atoms with Gasteiger partial charge in [0.15, 0.2) is 0 Å². The average Bonchev–Trinajstić information content (AvgIpc) is 2.80. The normalized spacial score (nSPS) is 17.8. The number of carboxylic acid groups (broad SMARTS) is 1. The van der Waals surface area contributed by atoms with E-state index in [1.807, 2.05) is 61.5 Å². The Morgan fingerprint density at radius 1 is 0.968 bits per heavy atom. The van der Waals surface area contributed by atoms with Crippen molar-refractivity contribution in [3.05, 3.63) is 101 Å². The minimum Gasteiger partial charge on any atom is -0.489 e. The molecule has 0 unspecified atom stereocenters. The van der Waals surface area contributed by atoms with Crippen molar-refractivity contribution in [1.82, 2.24) is 4.90 Å². The van der Waals surface area contributed by atoms with Crippen LogP contribution in [0.1, 0.15) is 52.4 Å². The Morgan fingerprint density at radius 2 is 1.65 bits per heavy atom. The first-order chi connectivity index (χ1) is 15.1. The van der Waals surface area contributed by atoms with Crippen molar-refractivity contribution in [2.24, 2.45) is 0 Å². The van der Waals surface area contributed by atoms with E-state index in [1.165, 1.54) is 0 Å². The predicted molar refractivity (Wildman–Crippen MR) is 118 cm³/mol. The third kappa shape index (κ3) is 4.17. The molecule has 1 aliphatic heterocycles. The fraction of sp³-hybridized carbons (Fsp3) is 0.231. The molecular formula is C26H25NO4. The summed E-state index contributed by atoms with van der Waals surface area (Å²) >= 11 is 0. The van der Waals surface area contributed by atoms with Gasteiger partial charge in [-0.3, -0.25) is 9.59 Å². The number of fused-ring (bicyclic) bond motifs is 1. The van der Waals surface area contributed by atoms with Crippen LogP contribution in [0.4, 0.5) is 0 Å². The largest absolute Gasteiger partial charge is 0.489 e. The van der Waals surface area contributed by atoms with Crippen molar-refractivity contribution in [3.8, 4) is 5.75 Å². The Morgan fingerprint density at radius 3 is 2.32 bits per heavy atom. The first kappa shape index (κ1) is 20.7. The number of hydrogen-bond acceptors (Lipinski definition) is 3. The molecule has 0 bridgehead atoms. The molecule has 1 aliphatic rings. The van der Waals surface area contributed by atoms with Gasteiger partial charge in [0.2, 0.25) is 0 Å². The first-order valence-corrected chi connectivity index (χ1v) is 10.5. The fourth-order valence-corrected chi connectivity index (χ4v) is 4.22. The van der Waals surface area contributed by atoms with E-state index in [2.05, 4.69) is 0 Å². The quantitative estimate of drug-likeness (QED) is 0.587. The first-order valence-electron chi connectivity index (χ1n) is 10.5. The molecule has 0 spiro atoms. The van der Waals surface area contributed by atoms with Gasteiger partial charge >= 0.3 is 5.97 Å². The van der Waals surface area contributed by atoms with Crippen molar-refractivity contribution < 1.29 is 19.4 Å². The van der Waals surface area contributed by atoms with Crippen LogP contribution in [0.3, 0.4) is 0 Å². The molecule has 3 aromatic carbocycles. The minimum absolute atomic E-state index is 0.121. The lowest BCUT2D eigenvalue weighted by molar-refractivity contribution is -0.140.